The lowest BCUT2D eigenvalue weighted by Gasteiger charge is -2.17. The van der Waals surface area contributed by atoms with Crippen LogP contribution in [-0.2, 0) is 20.8 Å². The van der Waals surface area contributed by atoms with E-state index in [9.17, 15) is 21.6 Å². The van der Waals surface area contributed by atoms with Crippen molar-refractivity contribution in [3.63, 3.8) is 0 Å². The summed E-state index contributed by atoms with van der Waals surface area (Å²) in [6, 6.07) is 10.0. The van der Waals surface area contributed by atoms with Crippen LogP contribution in [0.2, 0.25) is 0 Å². The summed E-state index contributed by atoms with van der Waals surface area (Å²) in [5.74, 6) is -1.06. The lowest BCUT2D eigenvalue weighted by molar-refractivity contribution is -0.138. The van der Waals surface area contributed by atoms with E-state index in [2.05, 4.69) is 0 Å². The molecule has 1 atom stereocenters. The molecule has 0 N–H and O–H groups in total. The molecule has 0 radical (unpaired) electrons. The van der Waals surface area contributed by atoms with Crippen LogP contribution >= 0.6 is 0 Å². The SMILES string of the molecule is N#Cc1ccc(Oc2ccccc2S(=O)(=O)CC2CCCO2)c(C(F)(F)F)c1. The van der Waals surface area contributed by atoms with Crippen molar-refractivity contribution < 1.29 is 31.1 Å². The van der Waals surface area contributed by atoms with Crippen molar-refractivity contribution in [2.45, 2.75) is 30.0 Å². The van der Waals surface area contributed by atoms with E-state index in [1.165, 1.54) is 30.3 Å². The molecule has 0 aromatic heterocycles. The first kappa shape index (κ1) is 20.2. The van der Waals surface area contributed by atoms with Crippen molar-refractivity contribution in [1.82, 2.24) is 0 Å². The van der Waals surface area contributed by atoms with E-state index in [4.69, 9.17) is 14.7 Å². The van der Waals surface area contributed by atoms with Gasteiger partial charge in [0.05, 0.1) is 29.1 Å². The van der Waals surface area contributed by atoms with Gasteiger partial charge in [-0.3, -0.25) is 0 Å². The molecule has 0 amide bonds. The maximum Gasteiger partial charge on any atom is 0.420 e. The van der Waals surface area contributed by atoms with Gasteiger partial charge in [-0.1, -0.05) is 12.1 Å². The third kappa shape index (κ3) is 4.46. The quantitative estimate of drug-likeness (QED) is 0.732. The lowest BCUT2D eigenvalue weighted by atomic mass is 10.1. The number of alkyl halides is 3. The molecular weight excluding hydrogens is 395 g/mol. The molecular formula is C19H16F3NO4S. The first-order valence-corrected chi connectivity index (χ1v) is 10.1. The van der Waals surface area contributed by atoms with Crippen molar-refractivity contribution >= 4 is 9.84 Å². The second-order valence-corrected chi connectivity index (χ2v) is 8.29. The monoisotopic (exact) mass is 411 g/mol. The van der Waals surface area contributed by atoms with Crippen molar-refractivity contribution in [2.75, 3.05) is 12.4 Å². The number of ether oxygens (including phenoxy) is 2. The Balaban J connectivity index is 1.98. The third-order valence-corrected chi connectivity index (χ3v) is 6.07. The van der Waals surface area contributed by atoms with Crippen LogP contribution in [0, 0.1) is 11.3 Å². The Morgan fingerprint density at radius 2 is 1.93 bits per heavy atom. The third-order valence-electron chi connectivity index (χ3n) is 4.25. The highest BCUT2D eigenvalue weighted by Crippen LogP contribution is 2.40. The zero-order chi connectivity index (χ0) is 20.4. The summed E-state index contributed by atoms with van der Waals surface area (Å²) in [6.45, 7) is 0.485. The minimum Gasteiger partial charge on any atom is -0.455 e. The van der Waals surface area contributed by atoms with E-state index in [0.717, 1.165) is 12.5 Å². The van der Waals surface area contributed by atoms with Crippen molar-refractivity contribution in [3.8, 4) is 17.6 Å². The molecule has 9 heteroatoms. The fourth-order valence-corrected chi connectivity index (χ4v) is 4.56. The molecule has 1 saturated heterocycles. The lowest BCUT2D eigenvalue weighted by Crippen LogP contribution is -2.20. The van der Waals surface area contributed by atoms with E-state index in [0.29, 0.717) is 19.1 Å². The van der Waals surface area contributed by atoms with Gasteiger partial charge in [0.1, 0.15) is 16.4 Å². The van der Waals surface area contributed by atoms with Gasteiger partial charge in [-0.25, -0.2) is 8.42 Å². The molecule has 0 aliphatic carbocycles. The standard InChI is InChI=1S/C19H16F3NO4S/c20-19(21,22)15-10-13(11-23)7-8-16(15)27-17-5-1-2-6-18(17)28(24,25)12-14-4-3-9-26-14/h1-2,5-8,10,14H,3-4,9,12H2. The van der Waals surface area contributed by atoms with Gasteiger partial charge in [-0.05, 0) is 43.2 Å². The summed E-state index contributed by atoms with van der Waals surface area (Å²) in [5.41, 5.74) is -1.34. The predicted octanol–water partition coefficient (Wildman–Crippen LogP) is 4.32. The summed E-state index contributed by atoms with van der Waals surface area (Å²) < 4.78 is 76.3. The molecule has 1 aliphatic rings. The number of nitrogens with zero attached hydrogens (tertiary/aromatic N) is 1. The molecule has 0 spiro atoms. The predicted molar refractivity (Wildman–Crippen MR) is 93.7 cm³/mol. The van der Waals surface area contributed by atoms with E-state index >= 15 is 0 Å². The number of hydrogen-bond donors (Lipinski definition) is 0. The summed E-state index contributed by atoms with van der Waals surface area (Å²) in [7, 11) is -3.84. The molecule has 28 heavy (non-hydrogen) atoms. The fraction of sp³-hybridized carbons (Fsp3) is 0.316. The topological polar surface area (TPSA) is 76.4 Å². The van der Waals surface area contributed by atoms with Gasteiger partial charge in [0.15, 0.2) is 9.84 Å². The second kappa shape index (κ2) is 7.81. The number of halogens is 3. The average Bonchev–Trinajstić information content (AvgIpc) is 3.14. The number of hydrogen-bond acceptors (Lipinski definition) is 5. The van der Waals surface area contributed by atoms with Gasteiger partial charge < -0.3 is 9.47 Å². The van der Waals surface area contributed by atoms with Crippen LogP contribution in [0.3, 0.4) is 0 Å². The summed E-state index contributed by atoms with van der Waals surface area (Å²) in [6.07, 6.45) is -3.85. The molecule has 5 nitrogen and oxygen atoms in total. The molecule has 3 rings (SSSR count). The van der Waals surface area contributed by atoms with Gasteiger partial charge in [0.2, 0.25) is 0 Å². The first-order chi connectivity index (χ1) is 13.2. The largest absolute Gasteiger partial charge is 0.455 e. The van der Waals surface area contributed by atoms with Crippen LogP contribution < -0.4 is 4.74 Å². The maximum atomic E-state index is 13.3. The van der Waals surface area contributed by atoms with Gasteiger partial charge in [0.25, 0.3) is 0 Å². The normalized spacial score (nSPS) is 17.3. The maximum absolute atomic E-state index is 13.3. The molecule has 1 heterocycles. The van der Waals surface area contributed by atoms with Crippen molar-refractivity contribution in [1.29, 1.82) is 5.26 Å². The Hall–Kier alpha value is -2.57. The smallest absolute Gasteiger partial charge is 0.420 e. The van der Waals surface area contributed by atoms with Crippen LogP contribution in [0.4, 0.5) is 13.2 Å². The van der Waals surface area contributed by atoms with Crippen molar-refractivity contribution in [3.05, 3.63) is 53.6 Å². The molecule has 0 bridgehead atoms. The molecule has 1 fully saturated rings. The van der Waals surface area contributed by atoms with Crippen LogP contribution in [0.15, 0.2) is 47.4 Å². The van der Waals surface area contributed by atoms with Gasteiger partial charge in [-0.15, -0.1) is 0 Å². The zero-order valence-electron chi connectivity index (χ0n) is 14.6. The zero-order valence-corrected chi connectivity index (χ0v) is 15.4. The Bertz CT molecular complexity index is 1010. The molecule has 1 aliphatic heterocycles. The number of nitriles is 1. The number of rotatable bonds is 5. The highest BCUT2D eigenvalue weighted by atomic mass is 32.2. The molecule has 1 unspecified atom stereocenters. The Morgan fingerprint density at radius 1 is 1.18 bits per heavy atom. The summed E-state index contributed by atoms with van der Waals surface area (Å²) in [4.78, 5) is -0.206. The Morgan fingerprint density at radius 3 is 2.57 bits per heavy atom. The number of para-hydroxylation sites is 1. The number of benzene rings is 2. The van der Waals surface area contributed by atoms with E-state index in [1.54, 1.807) is 6.07 Å². The number of sulfone groups is 1. The van der Waals surface area contributed by atoms with E-state index < -0.39 is 33.4 Å². The summed E-state index contributed by atoms with van der Waals surface area (Å²) in [5, 5.41) is 8.85. The van der Waals surface area contributed by atoms with Crippen LogP contribution in [0.1, 0.15) is 24.0 Å². The average molecular weight is 411 g/mol. The molecule has 0 saturated carbocycles. The highest BCUT2D eigenvalue weighted by Gasteiger charge is 2.35. The first-order valence-electron chi connectivity index (χ1n) is 8.43. The Kier molecular flexibility index (Phi) is 5.63. The van der Waals surface area contributed by atoms with Gasteiger partial charge in [0, 0.05) is 6.61 Å². The van der Waals surface area contributed by atoms with E-state index in [-0.39, 0.29) is 22.0 Å². The molecule has 148 valence electrons. The Labute approximate surface area is 160 Å². The van der Waals surface area contributed by atoms with Gasteiger partial charge in [-0.2, -0.15) is 18.4 Å². The second-order valence-electron chi connectivity index (χ2n) is 6.29. The minimum absolute atomic E-state index is 0.182. The summed E-state index contributed by atoms with van der Waals surface area (Å²) >= 11 is 0. The van der Waals surface area contributed by atoms with E-state index in [1.807, 2.05) is 0 Å². The van der Waals surface area contributed by atoms with Gasteiger partial charge >= 0.3 is 6.18 Å². The highest BCUT2D eigenvalue weighted by molar-refractivity contribution is 7.91. The van der Waals surface area contributed by atoms with Crippen LogP contribution in [0.5, 0.6) is 11.5 Å². The molecule has 2 aromatic rings. The van der Waals surface area contributed by atoms with Crippen LogP contribution in [0.25, 0.3) is 0 Å². The minimum atomic E-state index is -4.77. The van der Waals surface area contributed by atoms with Crippen molar-refractivity contribution in [2.24, 2.45) is 0 Å². The van der Waals surface area contributed by atoms with Crippen LogP contribution in [-0.4, -0.2) is 26.9 Å². The molecule has 2 aromatic carbocycles. The fourth-order valence-electron chi connectivity index (χ4n) is 2.93.